The van der Waals surface area contributed by atoms with E-state index in [1.54, 1.807) is 7.05 Å². The van der Waals surface area contributed by atoms with Crippen LogP contribution in [0, 0.1) is 0 Å². The van der Waals surface area contributed by atoms with Crippen LogP contribution in [0.25, 0.3) is 0 Å². The van der Waals surface area contributed by atoms with Gasteiger partial charge < -0.3 is 15.4 Å². The van der Waals surface area contributed by atoms with Gasteiger partial charge in [0.25, 0.3) is 0 Å². The molecule has 1 aromatic rings. The van der Waals surface area contributed by atoms with Crippen LogP contribution in [0.5, 0.6) is 5.75 Å². The van der Waals surface area contributed by atoms with E-state index >= 15 is 0 Å². The Morgan fingerprint density at radius 1 is 1.47 bits per heavy atom. The van der Waals surface area contributed by atoms with E-state index < -0.39 is 0 Å². The van der Waals surface area contributed by atoms with Crippen molar-refractivity contribution in [3.05, 3.63) is 29.3 Å². The summed E-state index contributed by atoms with van der Waals surface area (Å²) in [6.45, 7) is 2.62. The fourth-order valence-corrected chi connectivity index (χ4v) is 1.50. The van der Waals surface area contributed by atoms with Crippen molar-refractivity contribution in [2.24, 2.45) is 4.99 Å². The Labute approximate surface area is 107 Å². The average Bonchev–Trinajstić information content (AvgIpc) is 2.33. The molecule has 0 saturated heterocycles. The molecular weight excluding hydrogens is 238 g/mol. The normalized spacial score (nSPS) is 13.1. The molecule has 0 amide bonds. The van der Waals surface area contributed by atoms with E-state index in [2.05, 4.69) is 15.6 Å². The van der Waals surface area contributed by atoms with Gasteiger partial charge in [0, 0.05) is 14.1 Å². The number of hydrogen-bond acceptors (Lipinski definition) is 2. The van der Waals surface area contributed by atoms with Crippen molar-refractivity contribution in [1.29, 1.82) is 0 Å². The number of guanidine groups is 1. The number of para-hydroxylation sites is 1. The zero-order chi connectivity index (χ0) is 12.7. The molecule has 0 radical (unpaired) electrons. The van der Waals surface area contributed by atoms with Gasteiger partial charge in [-0.1, -0.05) is 23.7 Å². The van der Waals surface area contributed by atoms with Gasteiger partial charge in [0.1, 0.15) is 11.9 Å². The topological polar surface area (TPSA) is 45.7 Å². The van der Waals surface area contributed by atoms with Crippen LogP contribution in [0.1, 0.15) is 6.92 Å². The summed E-state index contributed by atoms with van der Waals surface area (Å²) in [6.07, 6.45) is -0.000000000000000222. The molecule has 0 heterocycles. The van der Waals surface area contributed by atoms with Crippen LogP contribution >= 0.6 is 11.6 Å². The summed E-state index contributed by atoms with van der Waals surface area (Å²) in [6, 6.07) is 7.43. The Kier molecular flexibility index (Phi) is 5.63. The fraction of sp³-hybridized carbons (Fsp3) is 0.417. The maximum Gasteiger partial charge on any atom is 0.190 e. The lowest BCUT2D eigenvalue weighted by Crippen LogP contribution is -2.40. The summed E-state index contributed by atoms with van der Waals surface area (Å²) in [5.41, 5.74) is 0. The van der Waals surface area contributed by atoms with Gasteiger partial charge in [-0.15, -0.1) is 0 Å². The number of aliphatic imine (C=N–C) groups is 1. The summed E-state index contributed by atoms with van der Waals surface area (Å²) in [7, 11) is 3.54. The molecule has 0 aromatic heterocycles. The van der Waals surface area contributed by atoms with Gasteiger partial charge in [0.15, 0.2) is 5.96 Å². The van der Waals surface area contributed by atoms with Crippen LogP contribution in [0.4, 0.5) is 0 Å². The molecule has 94 valence electrons. The molecule has 2 N–H and O–H groups in total. The first-order chi connectivity index (χ1) is 8.17. The smallest absolute Gasteiger partial charge is 0.190 e. The predicted octanol–water partition coefficient (Wildman–Crippen LogP) is 1.90. The molecule has 5 heteroatoms. The van der Waals surface area contributed by atoms with Crippen molar-refractivity contribution in [1.82, 2.24) is 10.6 Å². The summed E-state index contributed by atoms with van der Waals surface area (Å²) in [5, 5.41) is 6.69. The standard InChI is InChI=1S/C12H18ClN3O/c1-9(8-16-12(14-2)15-3)17-11-7-5-4-6-10(11)13/h4-7,9H,8H2,1-3H3,(H2,14,15,16)/t9-/m0/s1. The van der Waals surface area contributed by atoms with E-state index in [0.717, 1.165) is 5.96 Å². The number of halogens is 1. The van der Waals surface area contributed by atoms with Crippen LogP contribution in [0.3, 0.4) is 0 Å². The zero-order valence-corrected chi connectivity index (χ0v) is 11.1. The van der Waals surface area contributed by atoms with Crippen LogP contribution in [-0.2, 0) is 0 Å². The van der Waals surface area contributed by atoms with Crippen molar-refractivity contribution in [3.8, 4) is 5.75 Å². The van der Waals surface area contributed by atoms with Gasteiger partial charge in [0.05, 0.1) is 11.6 Å². The number of rotatable bonds is 4. The van der Waals surface area contributed by atoms with Crippen LogP contribution in [-0.4, -0.2) is 32.7 Å². The Morgan fingerprint density at radius 2 is 2.18 bits per heavy atom. The molecule has 1 atom stereocenters. The quantitative estimate of drug-likeness (QED) is 0.638. The maximum atomic E-state index is 6.00. The Hall–Kier alpha value is -1.42. The monoisotopic (exact) mass is 255 g/mol. The Bertz CT molecular complexity index is 382. The molecule has 0 aliphatic rings. The second-order valence-corrected chi connectivity index (χ2v) is 3.97. The largest absolute Gasteiger partial charge is 0.487 e. The van der Waals surface area contributed by atoms with Crippen molar-refractivity contribution >= 4 is 17.6 Å². The highest BCUT2D eigenvalue weighted by Crippen LogP contribution is 2.23. The van der Waals surface area contributed by atoms with Crippen molar-refractivity contribution in [2.45, 2.75) is 13.0 Å². The van der Waals surface area contributed by atoms with Gasteiger partial charge >= 0.3 is 0 Å². The minimum absolute atomic E-state index is 0.000000000000000222. The predicted molar refractivity (Wildman–Crippen MR) is 72.0 cm³/mol. The van der Waals surface area contributed by atoms with E-state index in [0.29, 0.717) is 17.3 Å². The van der Waals surface area contributed by atoms with Crippen molar-refractivity contribution in [3.63, 3.8) is 0 Å². The second kappa shape index (κ2) is 7.01. The third-order valence-electron chi connectivity index (χ3n) is 2.18. The van der Waals surface area contributed by atoms with E-state index in [9.17, 15) is 0 Å². The Balaban J connectivity index is 2.45. The lowest BCUT2D eigenvalue weighted by atomic mass is 10.3. The minimum atomic E-state index is -0.000000000000000222. The first-order valence-corrected chi connectivity index (χ1v) is 5.84. The van der Waals surface area contributed by atoms with Gasteiger partial charge in [-0.3, -0.25) is 4.99 Å². The van der Waals surface area contributed by atoms with E-state index in [4.69, 9.17) is 16.3 Å². The van der Waals surface area contributed by atoms with Crippen molar-refractivity contribution < 1.29 is 4.74 Å². The number of ether oxygens (including phenoxy) is 1. The number of nitrogens with one attached hydrogen (secondary N) is 2. The molecule has 0 saturated carbocycles. The number of benzene rings is 1. The van der Waals surface area contributed by atoms with E-state index in [1.165, 1.54) is 0 Å². The SMILES string of the molecule is CN=C(NC)NC[C@H](C)Oc1ccccc1Cl. The molecular formula is C12H18ClN3O. The van der Waals surface area contributed by atoms with E-state index in [-0.39, 0.29) is 6.10 Å². The van der Waals surface area contributed by atoms with Gasteiger partial charge in [-0.25, -0.2) is 0 Å². The number of nitrogens with zero attached hydrogens (tertiary/aromatic N) is 1. The van der Waals surface area contributed by atoms with Crippen LogP contribution in [0.15, 0.2) is 29.3 Å². The lowest BCUT2D eigenvalue weighted by molar-refractivity contribution is 0.224. The minimum Gasteiger partial charge on any atom is -0.487 e. The molecule has 0 unspecified atom stereocenters. The summed E-state index contributed by atoms with van der Waals surface area (Å²) in [4.78, 5) is 4.02. The lowest BCUT2D eigenvalue weighted by Gasteiger charge is -2.17. The fourth-order valence-electron chi connectivity index (χ4n) is 1.32. The summed E-state index contributed by atoms with van der Waals surface area (Å²) in [5.74, 6) is 1.43. The Morgan fingerprint density at radius 3 is 2.76 bits per heavy atom. The third-order valence-corrected chi connectivity index (χ3v) is 2.49. The zero-order valence-electron chi connectivity index (χ0n) is 10.3. The highest BCUT2D eigenvalue weighted by Gasteiger charge is 2.07. The molecule has 1 aromatic carbocycles. The molecule has 0 aliphatic heterocycles. The van der Waals surface area contributed by atoms with E-state index in [1.807, 2.05) is 38.2 Å². The van der Waals surface area contributed by atoms with Gasteiger partial charge in [0.2, 0.25) is 0 Å². The second-order valence-electron chi connectivity index (χ2n) is 3.56. The third kappa shape index (κ3) is 4.53. The summed E-state index contributed by atoms with van der Waals surface area (Å²) < 4.78 is 5.71. The first-order valence-electron chi connectivity index (χ1n) is 5.47. The van der Waals surface area contributed by atoms with Crippen molar-refractivity contribution in [2.75, 3.05) is 20.6 Å². The van der Waals surface area contributed by atoms with Crippen LogP contribution < -0.4 is 15.4 Å². The average molecular weight is 256 g/mol. The molecule has 0 aliphatic carbocycles. The van der Waals surface area contributed by atoms with Gasteiger partial charge in [-0.2, -0.15) is 0 Å². The van der Waals surface area contributed by atoms with Crippen LogP contribution in [0.2, 0.25) is 5.02 Å². The highest BCUT2D eigenvalue weighted by molar-refractivity contribution is 6.32. The molecule has 0 spiro atoms. The van der Waals surface area contributed by atoms with Gasteiger partial charge in [-0.05, 0) is 19.1 Å². The summed E-state index contributed by atoms with van der Waals surface area (Å²) >= 11 is 6.00. The molecule has 4 nitrogen and oxygen atoms in total. The molecule has 0 fully saturated rings. The molecule has 17 heavy (non-hydrogen) atoms. The number of hydrogen-bond donors (Lipinski definition) is 2. The molecule has 1 rings (SSSR count). The maximum absolute atomic E-state index is 6.00. The molecule has 0 bridgehead atoms. The first kappa shape index (κ1) is 13.6. The highest BCUT2D eigenvalue weighted by atomic mass is 35.5.